The lowest BCUT2D eigenvalue weighted by atomic mass is 9.83. The van der Waals surface area contributed by atoms with E-state index in [-0.39, 0.29) is 0 Å². The number of aromatic nitrogens is 3. The third-order valence-corrected chi connectivity index (χ3v) is 12.5. The Morgan fingerprint density at radius 2 is 0.641 bits per heavy atom. The molecule has 64 heavy (non-hydrogen) atoms. The summed E-state index contributed by atoms with van der Waals surface area (Å²) in [7, 11) is 0. The molecule has 298 valence electrons. The summed E-state index contributed by atoms with van der Waals surface area (Å²) in [5.74, 6) is 1.87. The quantitative estimate of drug-likeness (QED) is 0.119. The molecule has 0 unspecified atom stereocenters. The maximum absolute atomic E-state index is 5.23. The molecule has 0 N–H and O–H groups in total. The second-order valence-electron chi connectivity index (χ2n) is 16.3. The zero-order valence-corrected chi connectivity index (χ0v) is 34.9. The minimum Gasteiger partial charge on any atom is -0.208 e. The average molecular weight is 814 g/mol. The summed E-state index contributed by atoms with van der Waals surface area (Å²) >= 11 is 0. The highest BCUT2D eigenvalue weighted by molar-refractivity contribution is 6.29. The molecule has 12 rings (SSSR count). The third-order valence-electron chi connectivity index (χ3n) is 12.5. The highest BCUT2D eigenvalue weighted by Crippen LogP contribution is 2.48. The molecular formula is C61H39N3. The molecule has 0 bridgehead atoms. The lowest BCUT2D eigenvalue weighted by molar-refractivity contribution is 1.07. The number of hydrogen-bond donors (Lipinski definition) is 0. The van der Waals surface area contributed by atoms with Crippen LogP contribution in [0.2, 0.25) is 0 Å². The predicted octanol–water partition coefficient (Wildman–Crippen LogP) is 16.2. The Bertz CT molecular complexity index is 3690. The van der Waals surface area contributed by atoms with Gasteiger partial charge in [0.15, 0.2) is 17.5 Å². The lowest BCUT2D eigenvalue weighted by Crippen LogP contribution is -2.01. The second-order valence-corrected chi connectivity index (χ2v) is 16.3. The van der Waals surface area contributed by atoms with E-state index in [0.717, 1.165) is 38.9 Å². The number of rotatable bonds is 7. The summed E-state index contributed by atoms with van der Waals surface area (Å²) in [6.07, 6.45) is 0. The third kappa shape index (κ3) is 6.50. The summed E-state index contributed by atoms with van der Waals surface area (Å²) in [4.78, 5) is 15.6. The summed E-state index contributed by atoms with van der Waals surface area (Å²) in [5, 5.41) is 9.85. The van der Waals surface area contributed by atoms with Gasteiger partial charge in [-0.25, -0.2) is 15.0 Å². The fraction of sp³-hybridized carbons (Fsp3) is 0. The van der Waals surface area contributed by atoms with Gasteiger partial charge in [-0.15, -0.1) is 0 Å². The van der Waals surface area contributed by atoms with Gasteiger partial charge in [-0.05, 0) is 87.6 Å². The zero-order valence-electron chi connectivity index (χ0n) is 34.9. The van der Waals surface area contributed by atoms with Crippen molar-refractivity contribution in [2.45, 2.75) is 0 Å². The first-order valence-electron chi connectivity index (χ1n) is 21.8. The molecule has 0 amide bonds. The van der Waals surface area contributed by atoms with E-state index in [9.17, 15) is 0 Å². The molecule has 3 heteroatoms. The highest BCUT2D eigenvalue weighted by atomic mass is 15.0. The van der Waals surface area contributed by atoms with E-state index >= 15 is 0 Å². The largest absolute Gasteiger partial charge is 0.208 e. The van der Waals surface area contributed by atoms with Crippen molar-refractivity contribution in [2.24, 2.45) is 0 Å². The van der Waals surface area contributed by atoms with Crippen molar-refractivity contribution < 1.29 is 0 Å². The van der Waals surface area contributed by atoms with Gasteiger partial charge in [0.05, 0.1) is 0 Å². The van der Waals surface area contributed by atoms with Crippen LogP contribution in [0.3, 0.4) is 0 Å². The lowest BCUT2D eigenvalue weighted by Gasteiger charge is -2.20. The molecule has 0 saturated heterocycles. The minimum absolute atomic E-state index is 0.619. The normalized spacial score (nSPS) is 11.4. The van der Waals surface area contributed by atoms with Gasteiger partial charge in [-0.3, -0.25) is 0 Å². The highest BCUT2D eigenvalue weighted by Gasteiger charge is 2.21. The van der Waals surface area contributed by atoms with Gasteiger partial charge in [0, 0.05) is 16.7 Å². The van der Waals surface area contributed by atoms with Crippen LogP contribution in [0.5, 0.6) is 0 Å². The van der Waals surface area contributed by atoms with E-state index in [2.05, 4.69) is 224 Å². The molecule has 3 nitrogen and oxygen atoms in total. The van der Waals surface area contributed by atoms with E-state index in [0.29, 0.717) is 17.5 Å². The summed E-state index contributed by atoms with van der Waals surface area (Å²) in [6, 6.07) is 84.2. The molecule has 0 atom stereocenters. The molecule has 0 saturated carbocycles. The van der Waals surface area contributed by atoms with Crippen LogP contribution in [0.25, 0.3) is 122 Å². The Balaban J connectivity index is 1.04. The van der Waals surface area contributed by atoms with Gasteiger partial charge in [-0.1, -0.05) is 237 Å². The SMILES string of the molecule is c1ccc(-c2ccc(-c3nc(-c4ccc(-c5c6ccccc6c(-c6cccc7ccccc67)c6c5ccc5ccccc56)cc4)nc(-c4ccccc4-c4ccccc4)n3)cc2)cc1. The predicted molar refractivity (Wildman–Crippen MR) is 268 cm³/mol. The van der Waals surface area contributed by atoms with Crippen LogP contribution >= 0.6 is 0 Å². The average Bonchev–Trinajstić information content (AvgIpc) is 3.38. The fourth-order valence-electron chi connectivity index (χ4n) is 9.51. The van der Waals surface area contributed by atoms with E-state index < -0.39 is 0 Å². The molecule has 0 aliphatic rings. The van der Waals surface area contributed by atoms with Crippen LogP contribution < -0.4 is 0 Å². The van der Waals surface area contributed by atoms with E-state index in [1.165, 1.54) is 65.3 Å². The summed E-state index contributed by atoms with van der Waals surface area (Å²) < 4.78 is 0. The van der Waals surface area contributed by atoms with Crippen LogP contribution in [-0.4, -0.2) is 15.0 Å². The van der Waals surface area contributed by atoms with Crippen molar-refractivity contribution in [3.8, 4) is 78.7 Å². The Kier molecular flexibility index (Phi) is 9.16. The van der Waals surface area contributed by atoms with Crippen LogP contribution in [0.4, 0.5) is 0 Å². The van der Waals surface area contributed by atoms with Crippen molar-refractivity contribution in [3.63, 3.8) is 0 Å². The number of nitrogens with zero attached hydrogens (tertiary/aromatic N) is 3. The van der Waals surface area contributed by atoms with E-state index in [1.807, 2.05) is 12.1 Å². The molecule has 11 aromatic carbocycles. The number of fused-ring (bicyclic) bond motifs is 5. The monoisotopic (exact) mass is 813 g/mol. The maximum Gasteiger partial charge on any atom is 0.164 e. The molecule has 1 aromatic heterocycles. The van der Waals surface area contributed by atoms with Gasteiger partial charge in [0.2, 0.25) is 0 Å². The van der Waals surface area contributed by atoms with Gasteiger partial charge < -0.3 is 0 Å². The van der Waals surface area contributed by atoms with Crippen molar-refractivity contribution in [1.29, 1.82) is 0 Å². The topological polar surface area (TPSA) is 38.7 Å². The number of benzene rings is 11. The Labute approximate surface area is 371 Å². The Morgan fingerprint density at radius 1 is 0.203 bits per heavy atom. The summed E-state index contributed by atoms with van der Waals surface area (Å²) in [6.45, 7) is 0. The smallest absolute Gasteiger partial charge is 0.164 e. The summed E-state index contributed by atoms with van der Waals surface area (Å²) in [5.41, 5.74) is 12.1. The van der Waals surface area contributed by atoms with Gasteiger partial charge in [0.25, 0.3) is 0 Å². The second kappa shape index (κ2) is 15.7. The van der Waals surface area contributed by atoms with Crippen LogP contribution in [0.1, 0.15) is 0 Å². The Hall–Kier alpha value is -8.53. The molecule has 0 aliphatic heterocycles. The van der Waals surface area contributed by atoms with E-state index in [4.69, 9.17) is 15.0 Å². The Morgan fingerprint density at radius 3 is 1.31 bits per heavy atom. The van der Waals surface area contributed by atoms with Crippen LogP contribution in [0.15, 0.2) is 237 Å². The first-order valence-corrected chi connectivity index (χ1v) is 21.8. The van der Waals surface area contributed by atoms with Gasteiger partial charge in [-0.2, -0.15) is 0 Å². The minimum atomic E-state index is 0.619. The van der Waals surface area contributed by atoms with Crippen molar-refractivity contribution in [2.75, 3.05) is 0 Å². The molecular weight excluding hydrogens is 775 g/mol. The van der Waals surface area contributed by atoms with Crippen molar-refractivity contribution >= 4 is 43.1 Å². The van der Waals surface area contributed by atoms with Crippen LogP contribution in [0, 0.1) is 0 Å². The van der Waals surface area contributed by atoms with Gasteiger partial charge in [0.1, 0.15) is 0 Å². The molecule has 0 aliphatic carbocycles. The molecule has 0 radical (unpaired) electrons. The number of hydrogen-bond acceptors (Lipinski definition) is 3. The van der Waals surface area contributed by atoms with E-state index in [1.54, 1.807) is 0 Å². The van der Waals surface area contributed by atoms with Crippen molar-refractivity contribution in [1.82, 2.24) is 15.0 Å². The first-order chi connectivity index (χ1) is 31.7. The first kappa shape index (κ1) is 37.2. The molecule has 0 spiro atoms. The molecule has 12 aromatic rings. The van der Waals surface area contributed by atoms with Crippen molar-refractivity contribution in [3.05, 3.63) is 237 Å². The maximum atomic E-state index is 5.23. The molecule has 1 heterocycles. The molecule has 0 fully saturated rings. The zero-order chi connectivity index (χ0) is 42.4. The van der Waals surface area contributed by atoms with Crippen LogP contribution in [-0.2, 0) is 0 Å². The fourth-order valence-corrected chi connectivity index (χ4v) is 9.51. The standard InChI is InChI=1S/C61H39N3/c1-3-16-40(17-4-1)41-30-34-46(35-31-41)59-62-60(64-61(63-59)54-28-14-11-24-49(54)42-18-5-2-6-19-42)47-36-32-45(33-37-47)56-52-26-12-13-27-53(52)58(51-29-15-22-43-20-7-9-23-48(43)51)57-50-25-10-8-21-44(50)38-39-55(56)57/h1-39H. The van der Waals surface area contributed by atoms with Gasteiger partial charge >= 0.3 is 0 Å².